The van der Waals surface area contributed by atoms with Gasteiger partial charge in [-0.05, 0) is 55.5 Å². The molecule has 3 amide bonds. The number of nitrogens with zero attached hydrogens (tertiary/aromatic N) is 1. The molecule has 1 atom stereocenters. The molecule has 7 nitrogen and oxygen atoms in total. The molecule has 2 N–H and O–H groups in total. The Bertz CT molecular complexity index is 849. The zero-order valence-electron chi connectivity index (χ0n) is 15.9. The molecule has 0 spiro atoms. The number of hydrogen-bond donors (Lipinski definition) is 2. The van der Waals surface area contributed by atoms with Crippen LogP contribution in [0.2, 0.25) is 0 Å². The van der Waals surface area contributed by atoms with Crippen LogP contribution in [0.1, 0.15) is 29.4 Å². The fourth-order valence-electron chi connectivity index (χ4n) is 3.00. The molecule has 1 aromatic heterocycles. The predicted molar refractivity (Wildman–Crippen MR) is 106 cm³/mol. The minimum atomic E-state index is -0.869. The van der Waals surface area contributed by atoms with E-state index in [1.165, 1.54) is 42.5 Å². The maximum absolute atomic E-state index is 12.9. The molecular weight excluding hydrogens is 397 g/mol. The fraction of sp³-hybridized carbons (Fsp3) is 0.350. The molecule has 29 heavy (non-hydrogen) atoms. The summed E-state index contributed by atoms with van der Waals surface area (Å²) >= 11 is 1.40. The molecule has 0 saturated carbocycles. The summed E-state index contributed by atoms with van der Waals surface area (Å²) in [6.07, 6.45) is 0.187. The number of hydrazine groups is 1. The molecule has 1 aliphatic rings. The Morgan fingerprint density at radius 1 is 1.14 bits per heavy atom. The van der Waals surface area contributed by atoms with Crippen LogP contribution in [0.25, 0.3) is 0 Å². The van der Waals surface area contributed by atoms with Crippen LogP contribution in [0.5, 0.6) is 5.75 Å². The van der Waals surface area contributed by atoms with Gasteiger partial charge >= 0.3 is 0 Å². The highest BCUT2D eigenvalue weighted by molar-refractivity contribution is 7.12. The van der Waals surface area contributed by atoms with Gasteiger partial charge in [0.2, 0.25) is 5.91 Å². The number of halogens is 1. The van der Waals surface area contributed by atoms with Gasteiger partial charge in [-0.1, -0.05) is 6.07 Å². The average Bonchev–Trinajstić information content (AvgIpc) is 3.28. The lowest BCUT2D eigenvalue weighted by molar-refractivity contribution is -0.134. The molecule has 1 unspecified atom stereocenters. The van der Waals surface area contributed by atoms with E-state index in [1.54, 1.807) is 11.0 Å². The minimum absolute atomic E-state index is 0.0149. The highest BCUT2D eigenvalue weighted by Gasteiger charge is 2.28. The van der Waals surface area contributed by atoms with Gasteiger partial charge in [-0.15, -0.1) is 11.3 Å². The van der Waals surface area contributed by atoms with E-state index >= 15 is 0 Å². The third-order valence-corrected chi connectivity index (χ3v) is 5.55. The maximum atomic E-state index is 12.9. The Morgan fingerprint density at radius 3 is 2.45 bits per heavy atom. The molecule has 3 rings (SSSR count). The fourth-order valence-corrected chi connectivity index (χ4v) is 3.69. The van der Waals surface area contributed by atoms with E-state index in [9.17, 15) is 18.8 Å². The summed E-state index contributed by atoms with van der Waals surface area (Å²) in [5, 5.41) is 1.86. The van der Waals surface area contributed by atoms with Crippen molar-refractivity contribution in [3.63, 3.8) is 0 Å². The first-order valence-corrected chi connectivity index (χ1v) is 10.2. The highest BCUT2D eigenvalue weighted by atomic mass is 32.1. The van der Waals surface area contributed by atoms with Crippen LogP contribution >= 0.6 is 11.3 Å². The van der Waals surface area contributed by atoms with Gasteiger partial charge in [0.15, 0.2) is 6.10 Å². The summed E-state index contributed by atoms with van der Waals surface area (Å²) in [6, 6.07) is 8.93. The van der Waals surface area contributed by atoms with Crippen molar-refractivity contribution in [3.05, 3.63) is 52.5 Å². The van der Waals surface area contributed by atoms with E-state index in [0.717, 1.165) is 0 Å². The summed E-state index contributed by atoms with van der Waals surface area (Å²) < 4.78 is 18.3. The zero-order chi connectivity index (χ0) is 20.8. The van der Waals surface area contributed by atoms with E-state index < -0.39 is 17.8 Å². The number of thiophene rings is 1. The number of carbonyl (C=O) groups is 3. The third kappa shape index (κ3) is 5.54. The predicted octanol–water partition coefficient (Wildman–Crippen LogP) is 2.35. The normalized spacial score (nSPS) is 15.4. The summed E-state index contributed by atoms with van der Waals surface area (Å²) in [5.41, 5.74) is 4.77. The second kappa shape index (κ2) is 9.51. The minimum Gasteiger partial charge on any atom is -0.481 e. The molecule has 1 aliphatic heterocycles. The van der Waals surface area contributed by atoms with Crippen molar-refractivity contribution in [1.82, 2.24) is 15.8 Å². The quantitative estimate of drug-likeness (QED) is 0.729. The largest absolute Gasteiger partial charge is 0.481 e. The van der Waals surface area contributed by atoms with Crippen molar-refractivity contribution in [2.24, 2.45) is 5.92 Å². The lowest BCUT2D eigenvalue weighted by atomic mass is 9.96. The van der Waals surface area contributed by atoms with Crippen LogP contribution in [0, 0.1) is 11.7 Å². The number of ether oxygens (including phenoxy) is 1. The number of amides is 3. The third-order valence-electron chi connectivity index (χ3n) is 4.69. The van der Waals surface area contributed by atoms with Crippen LogP contribution in [0.15, 0.2) is 41.8 Å². The molecule has 1 saturated heterocycles. The van der Waals surface area contributed by atoms with Gasteiger partial charge in [0.1, 0.15) is 11.6 Å². The van der Waals surface area contributed by atoms with E-state index in [4.69, 9.17) is 4.74 Å². The summed E-state index contributed by atoms with van der Waals surface area (Å²) in [4.78, 5) is 39.2. The van der Waals surface area contributed by atoms with Crippen molar-refractivity contribution in [3.8, 4) is 5.75 Å². The SMILES string of the molecule is CC(Oc1ccc(F)cc1)C(=O)NNC(=O)C1CCN(C(=O)c2cccs2)CC1. The van der Waals surface area contributed by atoms with Gasteiger partial charge in [0.25, 0.3) is 11.8 Å². The monoisotopic (exact) mass is 419 g/mol. The molecule has 1 aromatic carbocycles. The molecule has 1 fully saturated rings. The van der Waals surface area contributed by atoms with Crippen molar-refractivity contribution < 1.29 is 23.5 Å². The number of likely N-dealkylation sites (tertiary alicyclic amines) is 1. The number of piperidine rings is 1. The van der Waals surface area contributed by atoms with Crippen molar-refractivity contribution in [2.45, 2.75) is 25.9 Å². The van der Waals surface area contributed by atoms with Crippen LogP contribution in [0.4, 0.5) is 4.39 Å². The summed E-state index contributed by atoms with van der Waals surface area (Å²) in [6.45, 7) is 2.51. The lowest BCUT2D eigenvalue weighted by Crippen LogP contribution is -2.50. The first-order valence-electron chi connectivity index (χ1n) is 9.28. The van der Waals surface area contributed by atoms with E-state index in [1.807, 2.05) is 11.4 Å². The number of benzene rings is 1. The molecular formula is C20H22FN3O4S. The summed E-state index contributed by atoms with van der Waals surface area (Å²) in [7, 11) is 0. The Kier molecular flexibility index (Phi) is 6.82. The second-order valence-electron chi connectivity index (χ2n) is 6.74. The number of rotatable bonds is 5. The molecule has 0 bridgehead atoms. The van der Waals surface area contributed by atoms with Gasteiger partial charge in [-0.2, -0.15) is 0 Å². The van der Waals surface area contributed by atoms with Gasteiger partial charge in [0, 0.05) is 19.0 Å². The zero-order valence-corrected chi connectivity index (χ0v) is 16.7. The molecule has 154 valence electrons. The first-order chi connectivity index (χ1) is 13.9. The van der Waals surface area contributed by atoms with Crippen LogP contribution in [-0.2, 0) is 9.59 Å². The Labute approximate surface area is 171 Å². The van der Waals surface area contributed by atoms with Crippen LogP contribution < -0.4 is 15.6 Å². The number of hydrogen-bond acceptors (Lipinski definition) is 5. The van der Waals surface area contributed by atoms with Crippen LogP contribution in [0.3, 0.4) is 0 Å². The topological polar surface area (TPSA) is 87.7 Å². The van der Waals surface area contributed by atoms with Crippen molar-refractivity contribution >= 4 is 29.1 Å². The van der Waals surface area contributed by atoms with E-state index in [0.29, 0.717) is 36.6 Å². The number of carbonyl (C=O) groups excluding carboxylic acids is 3. The summed E-state index contributed by atoms with van der Waals surface area (Å²) in [5.74, 6) is -1.16. The number of nitrogens with one attached hydrogen (secondary N) is 2. The van der Waals surface area contributed by atoms with Crippen molar-refractivity contribution in [2.75, 3.05) is 13.1 Å². The van der Waals surface area contributed by atoms with Crippen LogP contribution in [-0.4, -0.2) is 41.8 Å². The van der Waals surface area contributed by atoms with Gasteiger partial charge < -0.3 is 9.64 Å². The highest BCUT2D eigenvalue weighted by Crippen LogP contribution is 2.21. The maximum Gasteiger partial charge on any atom is 0.279 e. The second-order valence-corrected chi connectivity index (χ2v) is 7.68. The first kappa shape index (κ1) is 20.8. The van der Waals surface area contributed by atoms with Gasteiger partial charge in [-0.25, -0.2) is 4.39 Å². The molecule has 2 aromatic rings. The van der Waals surface area contributed by atoms with Gasteiger partial charge in [0.05, 0.1) is 4.88 Å². The van der Waals surface area contributed by atoms with Crippen molar-refractivity contribution in [1.29, 1.82) is 0 Å². The van der Waals surface area contributed by atoms with Gasteiger partial charge in [-0.3, -0.25) is 25.2 Å². The Hall–Kier alpha value is -2.94. The smallest absolute Gasteiger partial charge is 0.279 e. The van der Waals surface area contributed by atoms with E-state index in [-0.39, 0.29) is 17.7 Å². The average molecular weight is 419 g/mol. The standard InChI is InChI=1S/C20H22FN3O4S/c1-13(28-16-6-4-15(21)5-7-16)18(25)22-23-19(26)14-8-10-24(11-9-14)20(27)17-3-2-12-29-17/h2-7,12-14H,8-11H2,1H3,(H,22,25)(H,23,26). The van der Waals surface area contributed by atoms with E-state index in [2.05, 4.69) is 10.9 Å². The Morgan fingerprint density at radius 2 is 1.83 bits per heavy atom. The molecule has 0 radical (unpaired) electrons. The lowest BCUT2D eigenvalue weighted by Gasteiger charge is -2.31. The Balaban J connectivity index is 1.40. The molecule has 2 heterocycles. The molecule has 9 heteroatoms. The molecule has 0 aliphatic carbocycles.